The molecule has 1 aromatic heterocycles. The van der Waals surface area contributed by atoms with E-state index in [4.69, 9.17) is 10.5 Å². The Hall–Kier alpha value is -6.16. The van der Waals surface area contributed by atoms with Crippen LogP contribution in [0.25, 0.3) is 5.57 Å². The SMILES string of the molecule is CC(C)Oc1cc2c(cc1NC(=O)C(=CN)c1ncccn1)CN(C1CCC(N(C)C3CN(c4ccc5c(c4)C(=O)N(C4CCC(=O)NC4=O)C5=O)C3)CC1)C2=O. The maximum atomic E-state index is 13.8. The molecule has 8 rings (SSSR count). The smallest absolute Gasteiger partial charge is 0.262 e. The molecule has 4 N–H and O–H groups in total. The number of benzene rings is 2. The molecule has 1 saturated carbocycles. The number of rotatable bonds is 10. The molecule has 0 bridgehead atoms. The fourth-order valence-electron chi connectivity index (χ4n) is 8.64. The number of amides is 6. The summed E-state index contributed by atoms with van der Waals surface area (Å²) >= 11 is 0. The average Bonchev–Trinajstić information content (AvgIpc) is 3.62. The van der Waals surface area contributed by atoms with Crippen LogP contribution < -0.4 is 26.0 Å². The molecular formula is C41H45N9O7. The van der Waals surface area contributed by atoms with Gasteiger partial charge in [-0.05, 0) is 95.0 Å². The highest BCUT2D eigenvalue weighted by molar-refractivity contribution is 6.25. The minimum Gasteiger partial charge on any atom is -0.489 e. The van der Waals surface area contributed by atoms with Crippen molar-refractivity contribution in [1.29, 1.82) is 0 Å². The van der Waals surface area contributed by atoms with Crippen molar-refractivity contribution >= 4 is 52.4 Å². The Balaban J connectivity index is 0.869. The minimum absolute atomic E-state index is 0.0436. The van der Waals surface area contributed by atoms with Crippen LogP contribution in [0, 0.1) is 0 Å². The van der Waals surface area contributed by atoms with Gasteiger partial charge in [0.05, 0.1) is 28.5 Å². The number of piperidine rings is 1. The lowest BCUT2D eigenvalue weighted by Crippen LogP contribution is -2.61. The summed E-state index contributed by atoms with van der Waals surface area (Å²) in [7, 11) is 2.15. The van der Waals surface area contributed by atoms with Crippen LogP contribution >= 0.6 is 0 Å². The van der Waals surface area contributed by atoms with Gasteiger partial charge in [0.15, 0.2) is 5.82 Å². The average molecular weight is 776 g/mol. The van der Waals surface area contributed by atoms with Gasteiger partial charge in [0.1, 0.15) is 11.8 Å². The number of aromatic nitrogens is 2. The summed E-state index contributed by atoms with van der Waals surface area (Å²) in [6.07, 6.45) is 7.80. The number of likely N-dealkylation sites (N-methyl/N-ethyl adjacent to an activating group) is 1. The lowest BCUT2D eigenvalue weighted by molar-refractivity contribution is -0.136. The summed E-state index contributed by atoms with van der Waals surface area (Å²) in [5.41, 5.74) is 9.11. The van der Waals surface area contributed by atoms with Gasteiger partial charge in [0.2, 0.25) is 11.8 Å². The van der Waals surface area contributed by atoms with Gasteiger partial charge in [-0.3, -0.25) is 43.9 Å². The Bertz CT molecular complexity index is 2200. The highest BCUT2D eigenvalue weighted by atomic mass is 16.5. The second-order valence-corrected chi connectivity index (χ2v) is 15.6. The molecule has 16 nitrogen and oxygen atoms in total. The summed E-state index contributed by atoms with van der Waals surface area (Å²) in [6, 6.07) is 10.1. The van der Waals surface area contributed by atoms with Crippen molar-refractivity contribution in [3.8, 4) is 5.75 Å². The monoisotopic (exact) mass is 775 g/mol. The number of fused-ring (bicyclic) bond motifs is 2. The van der Waals surface area contributed by atoms with Crippen molar-refractivity contribution in [3.63, 3.8) is 0 Å². The molecule has 0 spiro atoms. The molecular weight excluding hydrogens is 731 g/mol. The largest absolute Gasteiger partial charge is 0.489 e. The van der Waals surface area contributed by atoms with Crippen LogP contribution in [0.15, 0.2) is 55.0 Å². The molecule has 5 heterocycles. The third kappa shape index (κ3) is 6.98. The van der Waals surface area contributed by atoms with Gasteiger partial charge in [-0.1, -0.05) is 0 Å². The number of carbonyl (C=O) groups is 6. The summed E-state index contributed by atoms with van der Waals surface area (Å²) in [5.74, 6) is -2.01. The first kappa shape index (κ1) is 37.7. The van der Waals surface area contributed by atoms with E-state index < -0.39 is 35.6 Å². The maximum Gasteiger partial charge on any atom is 0.262 e. The Labute approximate surface area is 329 Å². The minimum atomic E-state index is -0.997. The zero-order valence-corrected chi connectivity index (χ0v) is 32.1. The van der Waals surface area contributed by atoms with E-state index in [1.807, 2.05) is 30.9 Å². The van der Waals surface area contributed by atoms with Gasteiger partial charge in [-0.25, -0.2) is 9.97 Å². The number of nitrogens with two attached hydrogens (primary N) is 1. The Morgan fingerprint density at radius 3 is 2.33 bits per heavy atom. The summed E-state index contributed by atoms with van der Waals surface area (Å²) in [4.78, 5) is 93.6. The van der Waals surface area contributed by atoms with E-state index >= 15 is 0 Å². The lowest BCUT2D eigenvalue weighted by atomic mass is 9.88. The van der Waals surface area contributed by atoms with Gasteiger partial charge in [0, 0.05) is 74.0 Å². The number of ether oxygens (including phenoxy) is 1. The summed E-state index contributed by atoms with van der Waals surface area (Å²) in [6.45, 7) is 5.71. The van der Waals surface area contributed by atoms with Crippen LogP contribution in [-0.4, -0.2) is 111 Å². The molecule has 16 heteroatoms. The Morgan fingerprint density at radius 1 is 0.930 bits per heavy atom. The molecule has 3 aromatic rings. The fraction of sp³-hybridized carbons (Fsp3) is 0.415. The molecule has 1 unspecified atom stereocenters. The van der Waals surface area contributed by atoms with Crippen molar-refractivity contribution in [2.24, 2.45) is 5.73 Å². The highest BCUT2D eigenvalue weighted by Gasteiger charge is 2.45. The molecule has 1 atom stereocenters. The second-order valence-electron chi connectivity index (χ2n) is 15.6. The maximum absolute atomic E-state index is 13.8. The number of nitrogens with one attached hydrogen (secondary N) is 2. The summed E-state index contributed by atoms with van der Waals surface area (Å²) in [5, 5.41) is 5.14. The molecule has 57 heavy (non-hydrogen) atoms. The van der Waals surface area contributed by atoms with E-state index in [0.717, 1.165) is 54.9 Å². The molecule has 0 radical (unpaired) electrons. The van der Waals surface area contributed by atoms with Crippen LogP contribution in [0.5, 0.6) is 5.75 Å². The first-order valence-corrected chi connectivity index (χ1v) is 19.4. The third-order valence-electron chi connectivity index (χ3n) is 11.8. The third-order valence-corrected chi connectivity index (χ3v) is 11.8. The zero-order valence-electron chi connectivity index (χ0n) is 32.1. The van der Waals surface area contributed by atoms with E-state index in [2.05, 4.69) is 37.4 Å². The number of nitrogens with zero attached hydrogens (tertiary/aromatic N) is 6. The molecule has 6 amide bonds. The zero-order chi connectivity index (χ0) is 40.1. The van der Waals surface area contributed by atoms with Crippen molar-refractivity contribution in [3.05, 3.63) is 83.1 Å². The fourth-order valence-corrected chi connectivity index (χ4v) is 8.64. The Morgan fingerprint density at radius 2 is 1.65 bits per heavy atom. The summed E-state index contributed by atoms with van der Waals surface area (Å²) < 4.78 is 6.07. The molecule has 5 aliphatic rings. The predicted molar refractivity (Wildman–Crippen MR) is 208 cm³/mol. The van der Waals surface area contributed by atoms with Crippen LogP contribution in [0.3, 0.4) is 0 Å². The molecule has 3 fully saturated rings. The van der Waals surface area contributed by atoms with Gasteiger partial charge < -0.3 is 25.6 Å². The number of imide groups is 2. The van der Waals surface area contributed by atoms with Crippen molar-refractivity contribution < 1.29 is 33.5 Å². The first-order valence-electron chi connectivity index (χ1n) is 19.4. The second kappa shape index (κ2) is 15.1. The standard InChI is InChI=1S/C41H45N9O7/c1-22(2)57-34-17-29-23(15-32(34)45-37(52)31(18-42)36-43-13-4-14-44-36)19-49(39(29)54)25-7-5-24(6-8-25)47(3)27-20-48(21-27)26-9-10-28-30(16-26)41(56)50(40(28)55)33-11-12-35(51)46-38(33)53/h4,9-10,13-18,22,24-25,27,33H,5-8,11-12,19-21,42H2,1-3H3,(H,45,52)(H,46,51,53). The quantitative estimate of drug-likeness (QED) is 0.201. The predicted octanol–water partition coefficient (Wildman–Crippen LogP) is 2.69. The Kier molecular flexibility index (Phi) is 9.98. The van der Waals surface area contributed by atoms with Crippen LogP contribution in [0.2, 0.25) is 0 Å². The van der Waals surface area contributed by atoms with E-state index in [1.165, 1.54) is 18.6 Å². The molecule has 296 valence electrons. The van der Waals surface area contributed by atoms with Gasteiger partial charge >= 0.3 is 0 Å². The van der Waals surface area contributed by atoms with E-state index in [0.29, 0.717) is 35.6 Å². The van der Waals surface area contributed by atoms with E-state index in [9.17, 15) is 28.8 Å². The van der Waals surface area contributed by atoms with Crippen LogP contribution in [-0.2, 0) is 20.9 Å². The number of carbonyl (C=O) groups excluding carboxylic acids is 6. The van der Waals surface area contributed by atoms with Crippen molar-refractivity contribution in [2.75, 3.05) is 30.4 Å². The molecule has 2 aromatic carbocycles. The molecule has 2 saturated heterocycles. The van der Waals surface area contributed by atoms with Crippen molar-refractivity contribution in [2.45, 2.75) is 89.2 Å². The van der Waals surface area contributed by atoms with Gasteiger partial charge in [-0.15, -0.1) is 0 Å². The molecule has 1 aliphatic carbocycles. The van der Waals surface area contributed by atoms with E-state index in [1.54, 1.807) is 24.3 Å². The van der Waals surface area contributed by atoms with E-state index in [-0.39, 0.29) is 53.4 Å². The highest BCUT2D eigenvalue weighted by Crippen LogP contribution is 2.39. The number of anilines is 2. The normalized spacial score (nSPS) is 22.5. The first-order chi connectivity index (χ1) is 27.4. The number of hydrogen-bond acceptors (Lipinski definition) is 12. The number of hydrogen-bond donors (Lipinski definition) is 3. The molecule has 4 aliphatic heterocycles. The lowest BCUT2D eigenvalue weighted by Gasteiger charge is -2.49. The van der Waals surface area contributed by atoms with Gasteiger partial charge in [0.25, 0.3) is 23.6 Å². The van der Waals surface area contributed by atoms with Crippen molar-refractivity contribution in [1.82, 2.24) is 30.0 Å². The van der Waals surface area contributed by atoms with Crippen LogP contribution in [0.4, 0.5) is 11.4 Å². The van der Waals surface area contributed by atoms with Crippen LogP contribution in [0.1, 0.15) is 94.8 Å². The van der Waals surface area contributed by atoms with Gasteiger partial charge in [-0.2, -0.15) is 0 Å². The topological polar surface area (TPSA) is 200 Å².